The summed E-state index contributed by atoms with van der Waals surface area (Å²) < 4.78 is 8.02. The van der Waals surface area contributed by atoms with Crippen molar-refractivity contribution >= 4 is 51.7 Å². The van der Waals surface area contributed by atoms with Crippen molar-refractivity contribution in [3.05, 3.63) is 44.7 Å². The molecule has 2 atom stereocenters. The zero-order valence-electron chi connectivity index (χ0n) is 21.0. The number of nitrogens with zero attached hydrogens (tertiary/aromatic N) is 4. The number of unbranched alkanes of at least 4 members (excludes halogenated alkanes) is 4. The SMILES string of the molecule is CCCCCCCN1C(=O)/C(=C\c2c(N3CC(C)OC(C)C3)nc3c(C)cccn3c2=O)SC1=S. The quantitative estimate of drug-likeness (QED) is 0.285. The van der Waals surface area contributed by atoms with E-state index in [0.29, 0.717) is 45.9 Å². The van der Waals surface area contributed by atoms with E-state index >= 15 is 0 Å². The van der Waals surface area contributed by atoms with Crippen LogP contribution in [0.4, 0.5) is 5.82 Å². The summed E-state index contributed by atoms with van der Waals surface area (Å²) >= 11 is 6.80. The second kappa shape index (κ2) is 11.2. The van der Waals surface area contributed by atoms with Crippen LogP contribution < -0.4 is 10.5 Å². The first kappa shape index (κ1) is 25.9. The predicted molar refractivity (Wildman–Crippen MR) is 147 cm³/mol. The third-order valence-electron chi connectivity index (χ3n) is 6.42. The number of carbonyl (C=O) groups is 1. The van der Waals surface area contributed by atoms with Crippen molar-refractivity contribution in [1.82, 2.24) is 14.3 Å². The van der Waals surface area contributed by atoms with Gasteiger partial charge in [-0.05, 0) is 44.9 Å². The molecule has 2 aromatic rings. The number of aryl methyl sites for hydroxylation is 1. The second-order valence-electron chi connectivity index (χ2n) is 9.45. The van der Waals surface area contributed by atoms with Crippen LogP contribution in [0.5, 0.6) is 0 Å². The van der Waals surface area contributed by atoms with Gasteiger partial charge in [0.05, 0.1) is 22.7 Å². The average Bonchev–Trinajstić information content (AvgIpc) is 3.07. The number of thiocarbonyl (C=S) groups is 1. The lowest BCUT2D eigenvalue weighted by atomic mass is 10.1. The zero-order valence-corrected chi connectivity index (χ0v) is 22.6. The van der Waals surface area contributed by atoms with Crippen LogP contribution in [0.15, 0.2) is 28.0 Å². The summed E-state index contributed by atoms with van der Waals surface area (Å²) in [7, 11) is 0. The van der Waals surface area contributed by atoms with Crippen LogP contribution in [-0.2, 0) is 9.53 Å². The minimum absolute atomic E-state index is 0.00893. The topological polar surface area (TPSA) is 67.2 Å². The molecule has 2 aromatic heterocycles. The van der Waals surface area contributed by atoms with Crippen LogP contribution in [0.25, 0.3) is 11.7 Å². The molecule has 188 valence electrons. The zero-order chi connectivity index (χ0) is 25.1. The number of hydrogen-bond donors (Lipinski definition) is 0. The van der Waals surface area contributed by atoms with Gasteiger partial charge in [0.1, 0.15) is 15.8 Å². The fourth-order valence-corrected chi connectivity index (χ4v) is 6.01. The van der Waals surface area contributed by atoms with Gasteiger partial charge in [-0.2, -0.15) is 0 Å². The van der Waals surface area contributed by atoms with E-state index in [2.05, 4.69) is 11.8 Å². The van der Waals surface area contributed by atoms with Crippen LogP contribution in [0, 0.1) is 6.92 Å². The molecule has 2 unspecified atom stereocenters. The van der Waals surface area contributed by atoms with Crippen LogP contribution in [0.2, 0.25) is 0 Å². The molecule has 0 N–H and O–H groups in total. The first-order valence-electron chi connectivity index (χ1n) is 12.5. The smallest absolute Gasteiger partial charge is 0.267 e. The Morgan fingerprint density at radius 1 is 1.17 bits per heavy atom. The highest BCUT2D eigenvalue weighted by Crippen LogP contribution is 2.34. The minimum Gasteiger partial charge on any atom is -0.372 e. The molecular weight excluding hydrogens is 480 g/mol. The number of aromatic nitrogens is 2. The van der Waals surface area contributed by atoms with Gasteiger partial charge in [-0.15, -0.1) is 0 Å². The molecule has 2 fully saturated rings. The predicted octanol–water partition coefficient (Wildman–Crippen LogP) is 4.79. The van der Waals surface area contributed by atoms with Crippen molar-refractivity contribution in [3.63, 3.8) is 0 Å². The third kappa shape index (κ3) is 5.62. The summed E-state index contributed by atoms with van der Waals surface area (Å²) in [6, 6.07) is 3.78. The molecule has 0 bridgehead atoms. The Morgan fingerprint density at radius 2 is 1.89 bits per heavy atom. The van der Waals surface area contributed by atoms with E-state index in [1.54, 1.807) is 21.6 Å². The van der Waals surface area contributed by atoms with Crippen molar-refractivity contribution < 1.29 is 9.53 Å². The highest BCUT2D eigenvalue weighted by molar-refractivity contribution is 8.26. The monoisotopic (exact) mass is 514 g/mol. The Kier molecular flexibility index (Phi) is 8.29. The summed E-state index contributed by atoms with van der Waals surface area (Å²) in [4.78, 5) is 36.1. The van der Waals surface area contributed by atoms with Crippen molar-refractivity contribution in [3.8, 4) is 0 Å². The van der Waals surface area contributed by atoms with Crippen LogP contribution >= 0.6 is 24.0 Å². The molecule has 7 nitrogen and oxygen atoms in total. The summed E-state index contributed by atoms with van der Waals surface area (Å²) in [5, 5.41) is 0. The van der Waals surface area contributed by atoms with Gasteiger partial charge in [0.15, 0.2) is 0 Å². The number of pyridine rings is 1. The van der Waals surface area contributed by atoms with Crippen molar-refractivity contribution in [2.45, 2.75) is 72.0 Å². The lowest BCUT2D eigenvalue weighted by molar-refractivity contribution is -0.122. The van der Waals surface area contributed by atoms with E-state index in [4.69, 9.17) is 21.9 Å². The maximum absolute atomic E-state index is 13.7. The number of morpholine rings is 1. The van der Waals surface area contributed by atoms with E-state index in [-0.39, 0.29) is 23.7 Å². The molecule has 2 aliphatic heterocycles. The lowest BCUT2D eigenvalue weighted by Crippen LogP contribution is -2.46. The van der Waals surface area contributed by atoms with E-state index in [1.165, 1.54) is 31.0 Å². The van der Waals surface area contributed by atoms with Gasteiger partial charge < -0.3 is 9.64 Å². The minimum atomic E-state index is -0.190. The molecule has 4 rings (SSSR count). The summed E-state index contributed by atoms with van der Waals surface area (Å²) in [6.45, 7) is 10.0. The van der Waals surface area contributed by atoms with Gasteiger partial charge in [-0.1, -0.05) is 62.7 Å². The number of fused-ring (bicyclic) bond motifs is 1. The van der Waals surface area contributed by atoms with Crippen LogP contribution in [-0.4, -0.2) is 56.4 Å². The molecule has 2 saturated heterocycles. The van der Waals surface area contributed by atoms with Gasteiger partial charge in [0.25, 0.3) is 11.5 Å². The Balaban J connectivity index is 1.71. The van der Waals surface area contributed by atoms with Gasteiger partial charge in [0, 0.05) is 25.8 Å². The van der Waals surface area contributed by atoms with Gasteiger partial charge in [-0.25, -0.2) is 4.98 Å². The van der Waals surface area contributed by atoms with Crippen molar-refractivity contribution in [1.29, 1.82) is 0 Å². The number of anilines is 1. The Labute approximate surface area is 216 Å². The molecule has 35 heavy (non-hydrogen) atoms. The molecule has 0 spiro atoms. The number of hydrogen-bond acceptors (Lipinski definition) is 7. The Bertz CT molecular complexity index is 1200. The molecule has 0 saturated carbocycles. The first-order valence-corrected chi connectivity index (χ1v) is 13.7. The van der Waals surface area contributed by atoms with E-state index < -0.39 is 0 Å². The molecule has 9 heteroatoms. The lowest BCUT2D eigenvalue weighted by Gasteiger charge is -2.36. The molecule has 0 aliphatic carbocycles. The number of rotatable bonds is 8. The van der Waals surface area contributed by atoms with E-state index in [0.717, 1.165) is 18.4 Å². The standard InChI is InChI=1S/C26H34N4O3S2/c1-5-6-7-8-9-12-30-25(32)21(35-26(30)34)14-20-23(28-15-18(3)33-19(4)16-28)27-22-17(2)11-10-13-29(22)24(20)31/h10-11,13-14,18-19H,5-9,12,15-16H2,1-4H3/b21-14+. The Morgan fingerprint density at radius 3 is 2.60 bits per heavy atom. The molecule has 4 heterocycles. The molecule has 0 radical (unpaired) electrons. The second-order valence-corrected chi connectivity index (χ2v) is 11.1. The number of ether oxygens (including phenoxy) is 1. The highest BCUT2D eigenvalue weighted by Gasteiger charge is 2.33. The van der Waals surface area contributed by atoms with E-state index in [9.17, 15) is 9.59 Å². The average molecular weight is 515 g/mol. The molecule has 0 aromatic carbocycles. The van der Waals surface area contributed by atoms with Gasteiger partial charge >= 0.3 is 0 Å². The highest BCUT2D eigenvalue weighted by atomic mass is 32.2. The third-order valence-corrected chi connectivity index (χ3v) is 7.80. The summed E-state index contributed by atoms with van der Waals surface area (Å²) in [5.41, 5.74) is 1.76. The fourth-order valence-electron chi connectivity index (χ4n) is 4.72. The maximum Gasteiger partial charge on any atom is 0.267 e. The van der Waals surface area contributed by atoms with Crippen molar-refractivity contribution in [2.24, 2.45) is 0 Å². The van der Waals surface area contributed by atoms with Gasteiger partial charge in [0.2, 0.25) is 0 Å². The maximum atomic E-state index is 13.7. The van der Waals surface area contributed by atoms with Crippen molar-refractivity contribution in [2.75, 3.05) is 24.5 Å². The molecule has 2 aliphatic rings. The number of amides is 1. The van der Waals surface area contributed by atoms with Gasteiger partial charge in [-0.3, -0.25) is 18.9 Å². The fraction of sp³-hybridized carbons (Fsp3) is 0.538. The number of carbonyl (C=O) groups excluding carboxylic acids is 1. The summed E-state index contributed by atoms with van der Waals surface area (Å²) in [5.74, 6) is 0.468. The first-order chi connectivity index (χ1) is 16.8. The van der Waals surface area contributed by atoms with Crippen LogP contribution in [0.3, 0.4) is 0 Å². The molecular formula is C26H34N4O3S2. The summed E-state index contributed by atoms with van der Waals surface area (Å²) in [6.07, 6.45) is 9.00. The molecule has 1 amide bonds. The Hall–Kier alpha value is -2.23. The van der Waals surface area contributed by atoms with E-state index in [1.807, 2.05) is 32.9 Å². The number of thioether (sulfide) groups is 1. The normalized spacial score (nSPS) is 22.1. The largest absolute Gasteiger partial charge is 0.372 e. The van der Waals surface area contributed by atoms with Crippen LogP contribution in [0.1, 0.15) is 64.0 Å².